The SMILES string of the molecule is CNC(=O)c1nnn(N=Cc2ccc(Cl)cc2)c1OCC(=O)c1ccc(OC)cc1. The third kappa shape index (κ3) is 5.00. The second-order valence-electron chi connectivity index (χ2n) is 5.95. The van der Waals surface area contributed by atoms with Crippen LogP contribution in [0.4, 0.5) is 0 Å². The van der Waals surface area contributed by atoms with Crippen LogP contribution in [0.3, 0.4) is 0 Å². The summed E-state index contributed by atoms with van der Waals surface area (Å²) < 4.78 is 10.7. The smallest absolute Gasteiger partial charge is 0.277 e. The molecule has 3 aromatic rings. The molecule has 0 aliphatic carbocycles. The fourth-order valence-corrected chi connectivity index (χ4v) is 2.52. The monoisotopic (exact) mass is 427 g/mol. The second-order valence-corrected chi connectivity index (χ2v) is 6.38. The Bertz CT molecular complexity index is 1060. The lowest BCUT2D eigenvalue weighted by Crippen LogP contribution is -2.21. The molecular weight excluding hydrogens is 410 g/mol. The summed E-state index contributed by atoms with van der Waals surface area (Å²) in [4.78, 5) is 25.6. The van der Waals surface area contributed by atoms with Crippen molar-refractivity contribution in [3.63, 3.8) is 0 Å². The lowest BCUT2D eigenvalue weighted by Gasteiger charge is -2.07. The first kappa shape index (κ1) is 21.0. The number of ether oxygens (including phenoxy) is 2. The van der Waals surface area contributed by atoms with Crippen molar-refractivity contribution in [2.45, 2.75) is 0 Å². The maximum atomic E-state index is 12.4. The van der Waals surface area contributed by atoms with Gasteiger partial charge < -0.3 is 14.8 Å². The topological polar surface area (TPSA) is 108 Å². The predicted octanol–water partition coefficient (Wildman–Crippen LogP) is 2.44. The first-order valence-corrected chi connectivity index (χ1v) is 9.17. The molecule has 0 aliphatic rings. The van der Waals surface area contributed by atoms with Gasteiger partial charge in [0.2, 0.25) is 5.69 Å². The second kappa shape index (κ2) is 9.66. The summed E-state index contributed by atoms with van der Waals surface area (Å²) in [6.45, 7) is -0.333. The van der Waals surface area contributed by atoms with Crippen molar-refractivity contribution >= 4 is 29.5 Å². The van der Waals surface area contributed by atoms with Gasteiger partial charge in [-0.2, -0.15) is 5.10 Å². The number of amides is 1. The number of halogens is 1. The van der Waals surface area contributed by atoms with Crippen LogP contribution in [0.15, 0.2) is 53.6 Å². The van der Waals surface area contributed by atoms with Gasteiger partial charge in [-0.3, -0.25) is 9.59 Å². The van der Waals surface area contributed by atoms with Gasteiger partial charge in [0.15, 0.2) is 12.4 Å². The number of rotatable bonds is 8. The Morgan fingerprint density at radius 2 is 1.87 bits per heavy atom. The van der Waals surface area contributed by atoms with Crippen molar-refractivity contribution in [1.29, 1.82) is 0 Å². The van der Waals surface area contributed by atoms with Crippen molar-refractivity contribution in [3.05, 3.63) is 70.4 Å². The van der Waals surface area contributed by atoms with Crippen LogP contribution in [0.5, 0.6) is 11.6 Å². The van der Waals surface area contributed by atoms with Crippen LogP contribution in [-0.4, -0.2) is 53.8 Å². The zero-order valence-electron chi connectivity index (χ0n) is 16.2. The molecule has 30 heavy (non-hydrogen) atoms. The highest BCUT2D eigenvalue weighted by molar-refractivity contribution is 6.30. The minimum atomic E-state index is -0.519. The Labute approximate surface area is 177 Å². The number of nitrogens with one attached hydrogen (secondary N) is 1. The lowest BCUT2D eigenvalue weighted by molar-refractivity contribution is 0.0898. The van der Waals surface area contributed by atoms with E-state index in [0.29, 0.717) is 16.3 Å². The standard InChI is InChI=1S/C20H18ClN5O4/c1-22-19(28)18-20(30-12-17(27)14-5-9-16(29-2)10-6-14)26(25-24-18)23-11-13-3-7-15(21)8-4-13/h3-11H,12H2,1-2H3,(H,22,28). The van der Waals surface area contributed by atoms with Crippen LogP contribution < -0.4 is 14.8 Å². The molecule has 1 N–H and O–H groups in total. The molecule has 2 aromatic carbocycles. The van der Waals surface area contributed by atoms with E-state index in [-0.39, 0.29) is 24.0 Å². The molecule has 154 valence electrons. The molecule has 0 saturated heterocycles. The number of carbonyl (C=O) groups excluding carboxylic acids is 2. The van der Waals surface area contributed by atoms with Gasteiger partial charge in [0.05, 0.1) is 13.3 Å². The summed E-state index contributed by atoms with van der Waals surface area (Å²) in [7, 11) is 2.99. The number of ketones is 1. The number of nitrogens with zero attached hydrogens (tertiary/aromatic N) is 4. The van der Waals surface area contributed by atoms with Gasteiger partial charge in [-0.25, -0.2) is 0 Å². The summed E-state index contributed by atoms with van der Waals surface area (Å²) in [6, 6.07) is 13.5. The number of carbonyl (C=O) groups is 2. The molecule has 10 heteroatoms. The van der Waals surface area contributed by atoms with E-state index in [2.05, 4.69) is 20.7 Å². The van der Waals surface area contributed by atoms with Crippen LogP contribution in [0.25, 0.3) is 0 Å². The van der Waals surface area contributed by atoms with E-state index in [0.717, 1.165) is 10.4 Å². The van der Waals surface area contributed by atoms with Gasteiger partial charge in [0.25, 0.3) is 11.8 Å². The third-order valence-corrected chi connectivity index (χ3v) is 4.25. The van der Waals surface area contributed by atoms with Crippen LogP contribution in [0.2, 0.25) is 5.02 Å². The van der Waals surface area contributed by atoms with Gasteiger partial charge in [0.1, 0.15) is 5.75 Å². The zero-order chi connectivity index (χ0) is 21.5. The molecule has 0 atom stereocenters. The van der Waals surface area contributed by atoms with Crippen molar-refractivity contribution < 1.29 is 19.1 Å². The molecule has 0 saturated carbocycles. The first-order chi connectivity index (χ1) is 14.5. The van der Waals surface area contributed by atoms with Gasteiger partial charge >= 0.3 is 0 Å². The van der Waals surface area contributed by atoms with E-state index in [1.807, 2.05) is 0 Å². The van der Waals surface area contributed by atoms with Gasteiger partial charge in [-0.1, -0.05) is 28.5 Å². The number of benzene rings is 2. The maximum Gasteiger partial charge on any atom is 0.277 e. The van der Waals surface area contributed by atoms with E-state index in [1.54, 1.807) is 55.6 Å². The average Bonchev–Trinajstić information content (AvgIpc) is 3.19. The minimum absolute atomic E-state index is 0.0542. The van der Waals surface area contributed by atoms with Crippen LogP contribution in [0.1, 0.15) is 26.4 Å². The molecule has 0 aliphatic heterocycles. The van der Waals surface area contributed by atoms with Crippen LogP contribution >= 0.6 is 11.6 Å². The highest BCUT2D eigenvalue weighted by Gasteiger charge is 2.22. The largest absolute Gasteiger partial charge is 0.497 e. The number of methoxy groups -OCH3 is 1. The Balaban J connectivity index is 1.80. The highest BCUT2D eigenvalue weighted by Crippen LogP contribution is 2.17. The normalized spacial score (nSPS) is 10.8. The van der Waals surface area contributed by atoms with Crippen molar-refractivity contribution in [1.82, 2.24) is 20.4 Å². The number of hydrogen-bond donors (Lipinski definition) is 1. The van der Waals surface area contributed by atoms with E-state index in [9.17, 15) is 9.59 Å². The number of Topliss-reactive ketones (excluding diaryl/α,β-unsaturated/α-hetero) is 1. The molecule has 0 unspecified atom stereocenters. The highest BCUT2D eigenvalue weighted by atomic mass is 35.5. The predicted molar refractivity (Wildman–Crippen MR) is 111 cm³/mol. The summed E-state index contributed by atoms with van der Waals surface area (Å²) in [5, 5.41) is 14.8. The maximum absolute atomic E-state index is 12.4. The summed E-state index contributed by atoms with van der Waals surface area (Å²) >= 11 is 5.87. The number of hydrogen-bond acceptors (Lipinski definition) is 7. The van der Waals surface area contributed by atoms with Gasteiger partial charge in [-0.05, 0) is 47.2 Å². The Kier molecular flexibility index (Phi) is 6.76. The molecule has 0 bridgehead atoms. The number of aromatic nitrogens is 3. The molecule has 0 fully saturated rings. The summed E-state index contributed by atoms with van der Waals surface area (Å²) in [6.07, 6.45) is 1.50. The zero-order valence-corrected chi connectivity index (χ0v) is 17.0. The molecule has 1 aromatic heterocycles. The minimum Gasteiger partial charge on any atom is -0.497 e. The van der Waals surface area contributed by atoms with E-state index < -0.39 is 5.91 Å². The summed E-state index contributed by atoms with van der Waals surface area (Å²) in [5.74, 6) is -0.237. The fourth-order valence-electron chi connectivity index (χ4n) is 2.39. The molecule has 0 radical (unpaired) electrons. The van der Waals surface area contributed by atoms with Crippen LogP contribution in [-0.2, 0) is 0 Å². The third-order valence-electron chi connectivity index (χ3n) is 3.99. The van der Waals surface area contributed by atoms with Gasteiger partial charge in [-0.15, -0.1) is 5.10 Å². The molecule has 1 amide bonds. The molecule has 0 spiro atoms. The van der Waals surface area contributed by atoms with Crippen molar-refractivity contribution in [2.24, 2.45) is 5.10 Å². The van der Waals surface area contributed by atoms with Crippen molar-refractivity contribution in [3.8, 4) is 11.6 Å². The summed E-state index contributed by atoms with van der Waals surface area (Å²) in [5.41, 5.74) is 1.09. The molecule has 1 heterocycles. The van der Waals surface area contributed by atoms with E-state index in [1.165, 1.54) is 13.3 Å². The quantitative estimate of drug-likeness (QED) is 0.437. The molecule has 9 nitrogen and oxygen atoms in total. The molecule has 3 rings (SSSR count). The Morgan fingerprint density at radius 1 is 1.17 bits per heavy atom. The van der Waals surface area contributed by atoms with E-state index in [4.69, 9.17) is 21.1 Å². The van der Waals surface area contributed by atoms with Crippen LogP contribution in [0, 0.1) is 0 Å². The van der Waals surface area contributed by atoms with E-state index >= 15 is 0 Å². The van der Waals surface area contributed by atoms with Crippen molar-refractivity contribution in [2.75, 3.05) is 20.8 Å². The Morgan fingerprint density at radius 3 is 2.50 bits per heavy atom. The Hall–Kier alpha value is -3.72. The average molecular weight is 428 g/mol. The first-order valence-electron chi connectivity index (χ1n) is 8.79. The molecular formula is C20H18ClN5O4. The van der Waals surface area contributed by atoms with Gasteiger partial charge in [0, 0.05) is 17.6 Å². The lowest BCUT2D eigenvalue weighted by atomic mass is 10.1. The fraction of sp³-hybridized carbons (Fsp3) is 0.150.